The van der Waals surface area contributed by atoms with E-state index in [1.807, 2.05) is 25.4 Å². The van der Waals surface area contributed by atoms with Gasteiger partial charge in [-0.3, -0.25) is 4.99 Å². The number of esters is 1. The normalized spacial score (nSPS) is 29.4. The third-order valence-corrected chi connectivity index (χ3v) is 7.24. The second-order valence-electron chi connectivity index (χ2n) is 9.62. The van der Waals surface area contributed by atoms with E-state index < -0.39 is 5.54 Å². The van der Waals surface area contributed by atoms with Gasteiger partial charge in [0.15, 0.2) is 5.54 Å². The molecule has 0 saturated heterocycles. The van der Waals surface area contributed by atoms with Crippen LogP contribution in [-0.2, 0) is 9.53 Å². The van der Waals surface area contributed by atoms with Crippen LogP contribution in [0.2, 0.25) is 0 Å². The van der Waals surface area contributed by atoms with Gasteiger partial charge in [0.05, 0.1) is 19.5 Å². The van der Waals surface area contributed by atoms with Crippen LogP contribution in [0.15, 0.2) is 29.3 Å². The van der Waals surface area contributed by atoms with Gasteiger partial charge in [0.25, 0.3) is 0 Å². The van der Waals surface area contributed by atoms with Crippen LogP contribution in [-0.4, -0.2) is 61.4 Å². The Bertz CT molecular complexity index is 776. The lowest BCUT2D eigenvalue weighted by Crippen LogP contribution is -2.50. The molecule has 3 atom stereocenters. The fourth-order valence-electron chi connectivity index (χ4n) is 5.65. The Morgan fingerprint density at radius 1 is 1.32 bits per heavy atom. The minimum Gasteiger partial charge on any atom is -0.467 e. The molecular weight excluding hydrogens is 393 g/mol. The number of benzene rings is 1. The van der Waals surface area contributed by atoms with Crippen molar-refractivity contribution in [2.24, 2.45) is 16.8 Å². The quantitative estimate of drug-likeness (QED) is 0.561. The standard InChI is InChI=1S/C25H38FN3O2/c1-6-14-29-17-27-25(2,24(30)31-5)22(29)15-18-10-12-19(13-11-18)23(28(3)4)20-8-7-9-21(26)16-20/h7-9,16-19,22-23H,6,10-15H2,1-5H3. The van der Waals surface area contributed by atoms with E-state index in [0.29, 0.717) is 11.8 Å². The van der Waals surface area contributed by atoms with Crippen LogP contribution >= 0.6 is 0 Å². The first-order chi connectivity index (χ1) is 14.8. The Balaban J connectivity index is 1.67. The lowest BCUT2D eigenvalue weighted by atomic mass is 9.73. The predicted molar refractivity (Wildman–Crippen MR) is 123 cm³/mol. The summed E-state index contributed by atoms with van der Waals surface area (Å²) in [6, 6.07) is 7.31. The number of hydrogen-bond donors (Lipinski definition) is 0. The molecule has 2 aliphatic rings. The second kappa shape index (κ2) is 10.1. The SMILES string of the molecule is CCCN1C=NC(C)(C(=O)OC)C1CC1CCC(C(c2cccc(F)c2)N(C)C)CC1. The number of aliphatic imine (C=N–C) groups is 1. The molecule has 0 bridgehead atoms. The van der Waals surface area contributed by atoms with E-state index in [0.717, 1.165) is 50.6 Å². The first-order valence-corrected chi connectivity index (χ1v) is 11.6. The summed E-state index contributed by atoms with van der Waals surface area (Å²) in [5.41, 5.74) is 0.235. The van der Waals surface area contributed by atoms with Gasteiger partial charge in [0.2, 0.25) is 0 Å². The van der Waals surface area contributed by atoms with E-state index in [-0.39, 0.29) is 23.9 Å². The van der Waals surface area contributed by atoms with E-state index in [1.165, 1.54) is 13.2 Å². The lowest BCUT2D eigenvalue weighted by molar-refractivity contribution is -0.148. The smallest absolute Gasteiger partial charge is 0.335 e. The highest BCUT2D eigenvalue weighted by Gasteiger charge is 2.49. The molecule has 0 aromatic heterocycles. The van der Waals surface area contributed by atoms with Gasteiger partial charge < -0.3 is 14.5 Å². The van der Waals surface area contributed by atoms with Gasteiger partial charge in [-0.1, -0.05) is 31.9 Å². The van der Waals surface area contributed by atoms with Crippen molar-refractivity contribution in [1.29, 1.82) is 0 Å². The molecule has 0 spiro atoms. The van der Waals surface area contributed by atoms with Gasteiger partial charge >= 0.3 is 5.97 Å². The van der Waals surface area contributed by atoms with Gasteiger partial charge in [0.1, 0.15) is 5.82 Å². The average molecular weight is 432 g/mol. The molecule has 5 nitrogen and oxygen atoms in total. The van der Waals surface area contributed by atoms with Crippen molar-refractivity contribution in [2.75, 3.05) is 27.7 Å². The van der Waals surface area contributed by atoms with Crippen LogP contribution < -0.4 is 0 Å². The molecule has 3 rings (SSSR count). The van der Waals surface area contributed by atoms with E-state index in [1.54, 1.807) is 6.07 Å². The summed E-state index contributed by atoms with van der Waals surface area (Å²) in [6.07, 6.45) is 8.29. The van der Waals surface area contributed by atoms with Gasteiger partial charge in [-0.25, -0.2) is 9.18 Å². The summed E-state index contributed by atoms with van der Waals surface area (Å²) in [7, 11) is 5.62. The fraction of sp³-hybridized carbons (Fsp3) is 0.680. The maximum atomic E-state index is 13.8. The number of carbonyl (C=O) groups excluding carboxylic acids is 1. The second-order valence-corrected chi connectivity index (χ2v) is 9.62. The Morgan fingerprint density at radius 2 is 2.03 bits per heavy atom. The molecule has 1 fully saturated rings. The fourth-order valence-corrected chi connectivity index (χ4v) is 5.65. The van der Waals surface area contributed by atoms with Gasteiger partial charge in [0, 0.05) is 12.6 Å². The van der Waals surface area contributed by atoms with Crippen LogP contribution in [0.4, 0.5) is 4.39 Å². The van der Waals surface area contributed by atoms with Crippen LogP contribution in [0.5, 0.6) is 0 Å². The zero-order valence-electron chi connectivity index (χ0n) is 19.7. The molecule has 1 aliphatic carbocycles. The topological polar surface area (TPSA) is 45.1 Å². The van der Waals surface area contributed by atoms with Crippen LogP contribution in [0, 0.1) is 17.7 Å². The number of methoxy groups -OCH3 is 1. The van der Waals surface area contributed by atoms with Gasteiger partial charge in [-0.2, -0.15) is 0 Å². The maximum absolute atomic E-state index is 13.8. The van der Waals surface area contributed by atoms with E-state index in [2.05, 4.69) is 35.8 Å². The number of carbonyl (C=O) groups is 1. The monoisotopic (exact) mass is 431 g/mol. The Morgan fingerprint density at radius 3 is 2.61 bits per heavy atom. The molecule has 1 heterocycles. The van der Waals surface area contributed by atoms with Crippen molar-refractivity contribution in [3.05, 3.63) is 35.6 Å². The summed E-state index contributed by atoms with van der Waals surface area (Å²) in [4.78, 5) is 21.6. The highest BCUT2D eigenvalue weighted by molar-refractivity contribution is 5.85. The highest BCUT2D eigenvalue weighted by atomic mass is 19.1. The van der Waals surface area contributed by atoms with Crippen molar-refractivity contribution in [2.45, 2.75) is 70.0 Å². The van der Waals surface area contributed by atoms with Crippen molar-refractivity contribution in [3.8, 4) is 0 Å². The van der Waals surface area contributed by atoms with Crippen molar-refractivity contribution in [1.82, 2.24) is 9.80 Å². The third kappa shape index (κ3) is 5.11. The largest absolute Gasteiger partial charge is 0.467 e. The molecule has 1 aromatic carbocycles. The Hall–Kier alpha value is -1.95. The number of rotatable bonds is 8. The molecule has 1 saturated carbocycles. The van der Waals surface area contributed by atoms with Crippen LogP contribution in [0.25, 0.3) is 0 Å². The Labute approximate surface area is 186 Å². The molecule has 0 N–H and O–H groups in total. The molecule has 1 aromatic rings. The Kier molecular flexibility index (Phi) is 7.73. The summed E-state index contributed by atoms with van der Waals surface area (Å²) in [6.45, 7) is 4.96. The first-order valence-electron chi connectivity index (χ1n) is 11.6. The number of halogens is 1. The van der Waals surface area contributed by atoms with Gasteiger partial charge in [-0.15, -0.1) is 0 Å². The zero-order valence-corrected chi connectivity index (χ0v) is 19.7. The van der Waals surface area contributed by atoms with E-state index in [9.17, 15) is 9.18 Å². The molecule has 1 aliphatic heterocycles. The van der Waals surface area contributed by atoms with Crippen molar-refractivity contribution in [3.63, 3.8) is 0 Å². The number of nitrogens with zero attached hydrogens (tertiary/aromatic N) is 3. The summed E-state index contributed by atoms with van der Waals surface area (Å²) in [5.74, 6) is 0.644. The summed E-state index contributed by atoms with van der Waals surface area (Å²) < 4.78 is 18.9. The van der Waals surface area contributed by atoms with E-state index in [4.69, 9.17) is 4.74 Å². The minimum absolute atomic E-state index is 0.0503. The first kappa shape index (κ1) is 23.7. The molecule has 31 heavy (non-hydrogen) atoms. The van der Waals surface area contributed by atoms with Crippen molar-refractivity contribution >= 4 is 12.3 Å². The zero-order chi connectivity index (χ0) is 22.6. The molecule has 0 amide bonds. The molecule has 3 unspecified atom stereocenters. The highest BCUT2D eigenvalue weighted by Crippen LogP contribution is 2.42. The summed E-state index contributed by atoms with van der Waals surface area (Å²) >= 11 is 0. The van der Waals surface area contributed by atoms with E-state index >= 15 is 0 Å². The van der Waals surface area contributed by atoms with Crippen LogP contribution in [0.1, 0.15) is 64.0 Å². The average Bonchev–Trinajstić information content (AvgIpc) is 3.05. The van der Waals surface area contributed by atoms with Gasteiger partial charge in [-0.05, 0) is 76.2 Å². The van der Waals surface area contributed by atoms with Crippen molar-refractivity contribution < 1.29 is 13.9 Å². The molecule has 0 radical (unpaired) electrons. The summed E-state index contributed by atoms with van der Waals surface area (Å²) in [5, 5.41) is 0. The predicted octanol–water partition coefficient (Wildman–Crippen LogP) is 4.68. The number of hydrogen-bond acceptors (Lipinski definition) is 5. The molecule has 172 valence electrons. The van der Waals surface area contributed by atoms with Crippen LogP contribution in [0.3, 0.4) is 0 Å². The maximum Gasteiger partial charge on any atom is 0.335 e. The molecule has 6 heteroatoms. The minimum atomic E-state index is -0.825. The third-order valence-electron chi connectivity index (χ3n) is 7.24. The lowest BCUT2D eigenvalue weighted by Gasteiger charge is -2.40. The number of ether oxygens (including phenoxy) is 1. The molecular formula is C25H38FN3O2.